The molecule has 0 bridgehead atoms. The summed E-state index contributed by atoms with van der Waals surface area (Å²) in [5.41, 5.74) is 1.50. The molecule has 162 valence electrons. The second kappa shape index (κ2) is 8.84. The van der Waals surface area contributed by atoms with Gasteiger partial charge in [0.2, 0.25) is 11.2 Å². The fourth-order valence-corrected chi connectivity index (χ4v) is 3.58. The molecule has 0 saturated heterocycles. The van der Waals surface area contributed by atoms with Crippen LogP contribution in [-0.4, -0.2) is 25.2 Å². The maximum Gasteiger partial charge on any atom is 0.345 e. The third-order valence-electron chi connectivity index (χ3n) is 4.79. The minimum absolute atomic E-state index is 0.102. The predicted octanol–water partition coefficient (Wildman–Crippen LogP) is 5.16. The molecular weight excluding hydrogens is 478 g/mol. The molecule has 2 heterocycles. The topological polar surface area (TPSA) is 87.9 Å². The van der Waals surface area contributed by atoms with Gasteiger partial charge >= 0.3 is 5.97 Å². The van der Waals surface area contributed by atoms with Gasteiger partial charge in [-0.2, -0.15) is 0 Å². The van der Waals surface area contributed by atoms with Crippen LogP contribution < -0.4 is 19.6 Å². The Hall–Kier alpha value is -3.65. The van der Waals surface area contributed by atoms with E-state index in [9.17, 15) is 9.59 Å². The molecule has 0 fully saturated rings. The summed E-state index contributed by atoms with van der Waals surface area (Å²) in [6.45, 7) is 1.89. The molecule has 0 radical (unpaired) electrons. The highest BCUT2D eigenvalue weighted by atomic mass is 79.9. The fourth-order valence-electron chi connectivity index (χ4n) is 3.22. The van der Waals surface area contributed by atoms with Crippen LogP contribution in [0.4, 0.5) is 0 Å². The smallest absolute Gasteiger partial charge is 0.345 e. The zero-order valence-corrected chi connectivity index (χ0v) is 19.1. The van der Waals surface area contributed by atoms with Gasteiger partial charge in [0.05, 0.1) is 25.2 Å². The first kappa shape index (κ1) is 21.6. The van der Waals surface area contributed by atoms with Crippen molar-refractivity contribution in [1.29, 1.82) is 0 Å². The number of nitrogens with zero attached hydrogens (tertiary/aromatic N) is 1. The lowest BCUT2D eigenvalue weighted by Crippen LogP contribution is -2.16. The quantitative estimate of drug-likeness (QED) is 0.353. The molecule has 7 nitrogen and oxygen atoms in total. The lowest BCUT2D eigenvalue weighted by atomic mass is 10.1. The van der Waals surface area contributed by atoms with Crippen LogP contribution in [0.1, 0.15) is 15.9 Å². The highest BCUT2D eigenvalue weighted by molar-refractivity contribution is 9.10. The Balaban J connectivity index is 1.92. The average molecular weight is 496 g/mol. The number of halogens is 1. The third kappa shape index (κ3) is 4.09. The monoisotopic (exact) mass is 495 g/mol. The summed E-state index contributed by atoms with van der Waals surface area (Å²) in [6, 6.07) is 11.8. The molecule has 0 aliphatic carbocycles. The van der Waals surface area contributed by atoms with Crippen LogP contribution in [0.5, 0.6) is 17.2 Å². The number of ether oxygens (including phenoxy) is 3. The molecule has 0 unspecified atom stereocenters. The second-order valence-corrected chi connectivity index (χ2v) is 7.86. The van der Waals surface area contributed by atoms with Crippen LogP contribution in [0, 0.1) is 6.92 Å². The van der Waals surface area contributed by atoms with Crippen molar-refractivity contribution in [3.63, 3.8) is 0 Å². The summed E-state index contributed by atoms with van der Waals surface area (Å²) in [6.07, 6.45) is 2.90. The van der Waals surface area contributed by atoms with Crippen molar-refractivity contribution >= 4 is 32.9 Å². The summed E-state index contributed by atoms with van der Waals surface area (Å²) < 4.78 is 22.9. The number of hydrogen-bond donors (Lipinski definition) is 0. The van der Waals surface area contributed by atoms with Gasteiger partial charge in [0.1, 0.15) is 5.58 Å². The Morgan fingerprint density at radius 1 is 1.00 bits per heavy atom. The highest BCUT2D eigenvalue weighted by Gasteiger charge is 2.23. The number of aryl methyl sites for hydroxylation is 1. The molecular formula is C24H18BrNO6. The predicted molar refractivity (Wildman–Crippen MR) is 123 cm³/mol. The number of hydrogen-bond acceptors (Lipinski definition) is 7. The molecule has 0 N–H and O–H groups in total. The van der Waals surface area contributed by atoms with E-state index in [0.29, 0.717) is 32.5 Å². The summed E-state index contributed by atoms with van der Waals surface area (Å²) >= 11 is 3.27. The molecule has 2 aromatic carbocycles. The van der Waals surface area contributed by atoms with Crippen molar-refractivity contribution in [3.05, 3.63) is 80.7 Å². The molecule has 0 aliphatic heterocycles. The number of carbonyl (C=O) groups is 1. The molecule has 0 saturated carbocycles. The Labute approximate surface area is 191 Å². The molecule has 8 heteroatoms. The zero-order valence-electron chi connectivity index (χ0n) is 17.5. The Morgan fingerprint density at radius 2 is 1.78 bits per heavy atom. The number of benzene rings is 2. The molecule has 0 aliphatic rings. The van der Waals surface area contributed by atoms with E-state index < -0.39 is 11.4 Å². The molecule has 4 rings (SSSR count). The van der Waals surface area contributed by atoms with E-state index in [2.05, 4.69) is 20.9 Å². The number of aromatic nitrogens is 1. The van der Waals surface area contributed by atoms with Gasteiger partial charge in [-0.1, -0.05) is 6.07 Å². The maximum atomic E-state index is 13.3. The van der Waals surface area contributed by atoms with Crippen molar-refractivity contribution in [2.75, 3.05) is 14.2 Å². The fraction of sp³-hybridized carbons (Fsp3) is 0.125. The molecule has 32 heavy (non-hydrogen) atoms. The van der Waals surface area contributed by atoms with Gasteiger partial charge in [0, 0.05) is 22.4 Å². The van der Waals surface area contributed by atoms with Crippen LogP contribution in [0.2, 0.25) is 0 Å². The first-order chi connectivity index (χ1) is 15.4. The second-order valence-electron chi connectivity index (χ2n) is 6.94. The van der Waals surface area contributed by atoms with Crippen LogP contribution in [0.3, 0.4) is 0 Å². The zero-order chi connectivity index (χ0) is 22.8. The van der Waals surface area contributed by atoms with Crippen LogP contribution in [-0.2, 0) is 0 Å². The molecule has 0 amide bonds. The van der Waals surface area contributed by atoms with Crippen LogP contribution in [0.15, 0.2) is 68.5 Å². The van der Waals surface area contributed by atoms with Crippen LogP contribution in [0.25, 0.3) is 22.3 Å². The first-order valence-corrected chi connectivity index (χ1v) is 10.3. The van der Waals surface area contributed by atoms with Crippen molar-refractivity contribution in [2.45, 2.75) is 6.92 Å². The van der Waals surface area contributed by atoms with Crippen molar-refractivity contribution in [3.8, 4) is 28.6 Å². The maximum absolute atomic E-state index is 13.3. The standard InChI is InChI=1S/C24H18BrNO6/c1-13-4-6-17-19(8-13)31-22(14-5-7-18(29-2)20(10-14)30-3)23(21(17)27)32-24(28)15-9-16(25)12-26-11-15/h4-12H,1-3H3. The average Bonchev–Trinajstić information content (AvgIpc) is 2.80. The minimum Gasteiger partial charge on any atom is -0.493 e. The number of carbonyl (C=O) groups excluding carboxylic acids is 1. The van der Waals surface area contributed by atoms with Gasteiger partial charge in [-0.3, -0.25) is 9.78 Å². The molecule has 4 aromatic rings. The Morgan fingerprint density at radius 3 is 2.50 bits per heavy atom. The summed E-state index contributed by atoms with van der Waals surface area (Å²) in [4.78, 5) is 30.1. The summed E-state index contributed by atoms with van der Waals surface area (Å²) in [5.74, 6) is 0.0858. The number of methoxy groups -OCH3 is 2. The van der Waals surface area contributed by atoms with Crippen molar-refractivity contribution < 1.29 is 23.4 Å². The van der Waals surface area contributed by atoms with Gasteiger partial charge in [0.15, 0.2) is 17.3 Å². The summed E-state index contributed by atoms with van der Waals surface area (Å²) in [5, 5.41) is 0.301. The summed E-state index contributed by atoms with van der Waals surface area (Å²) in [7, 11) is 3.03. The SMILES string of the molecule is COc1ccc(-c2oc3cc(C)ccc3c(=O)c2OC(=O)c2cncc(Br)c2)cc1OC. The van der Waals surface area contributed by atoms with E-state index in [1.807, 2.05) is 6.92 Å². The van der Waals surface area contributed by atoms with E-state index in [1.165, 1.54) is 20.4 Å². The third-order valence-corrected chi connectivity index (χ3v) is 5.22. The van der Waals surface area contributed by atoms with Gasteiger partial charge in [-0.25, -0.2) is 4.79 Å². The lowest BCUT2D eigenvalue weighted by Gasteiger charge is -2.13. The Kier molecular flexibility index (Phi) is 5.96. The first-order valence-electron chi connectivity index (χ1n) is 9.54. The number of pyridine rings is 1. The van der Waals surface area contributed by atoms with E-state index >= 15 is 0 Å². The van der Waals surface area contributed by atoms with E-state index in [4.69, 9.17) is 18.6 Å². The number of rotatable bonds is 5. The van der Waals surface area contributed by atoms with Crippen LogP contribution >= 0.6 is 15.9 Å². The van der Waals surface area contributed by atoms with Gasteiger partial charge in [-0.15, -0.1) is 0 Å². The Bertz CT molecular complexity index is 1400. The van der Waals surface area contributed by atoms with Crippen molar-refractivity contribution in [1.82, 2.24) is 4.98 Å². The molecule has 0 atom stereocenters. The minimum atomic E-state index is -0.737. The van der Waals surface area contributed by atoms with E-state index in [-0.39, 0.29) is 17.1 Å². The van der Waals surface area contributed by atoms with Gasteiger partial charge in [0.25, 0.3) is 0 Å². The lowest BCUT2D eigenvalue weighted by molar-refractivity contribution is 0.0731. The van der Waals surface area contributed by atoms with E-state index in [0.717, 1.165) is 5.56 Å². The largest absolute Gasteiger partial charge is 0.493 e. The number of fused-ring (bicyclic) bond motifs is 1. The molecule has 0 spiro atoms. The van der Waals surface area contributed by atoms with Gasteiger partial charge < -0.3 is 18.6 Å². The highest BCUT2D eigenvalue weighted by Crippen LogP contribution is 2.37. The van der Waals surface area contributed by atoms with E-state index in [1.54, 1.807) is 48.7 Å². The number of esters is 1. The normalized spacial score (nSPS) is 10.8. The van der Waals surface area contributed by atoms with Gasteiger partial charge in [-0.05, 0) is 64.8 Å². The van der Waals surface area contributed by atoms with Crippen molar-refractivity contribution in [2.24, 2.45) is 0 Å². The molecule has 2 aromatic heterocycles.